The third kappa shape index (κ3) is 4.90. The molecule has 0 spiro atoms. The number of nitrogens with zero attached hydrogens (tertiary/aromatic N) is 2. The van der Waals surface area contributed by atoms with Gasteiger partial charge < -0.3 is 5.32 Å². The molecule has 0 radical (unpaired) electrons. The van der Waals surface area contributed by atoms with Crippen LogP contribution >= 0.6 is 11.6 Å². The molecule has 1 aromatic rings. The van der Waals surface area contributed by atoms with E-state index in [1.807, 2.05) is 20.8 Å². The number of nitrogens with one attached hydrogen (secondary N) is 1. The minimum absolute atomic E-state index is 0.180. The normalized spacial score (nSPS) is 14.6. The van der Waals surface area contributed by atoms with E-state index in [1.54, 1.807) is 12.3 Å². The van der Waals surface area contributed by atoms with Gasteiger partial charge in [0.2, 0.25) is 0 Å². The van der Waals surface area contributed by atoms with Crippen molar-refractivity contribution >= 4 is 28.2 Å². The van der Waals surface area contributed by atoms with E-state index < -0.39 is 10.8 Å². The summed E-state index contributed by atoms with van der Waals surface area (Å²) < 4.78 is 11.2. The van der Waals surface area contributed by atoms with Crippen LogP contribution in [0.25, 0.3) is 0 Å². The van der Waals surface area contributed by atoms with Gasteiger partial charge in [-0.05, 0) is 6.42 Å². The molecule has 102 valence electrons. The third-order valence-electron chi connectivity index (χ3n) is 2.65. The second-order valence-corrected chi connectivity index (χ2v) is 6.80. The Kier molecular flexibility index (Phi) is 6.02. The predicted octanol–water partition coefficient (Wildman–Crippen LogP) is 2.82. The van der Waals surface area contributed by atoms with Crippen molar-refractivity contribution in [1.82, 2.24) is 9.97 Å². The van der Waals surface area contributed by atoms with Gasteiger partial charge >= 0.3 is 0 Å². The average Bonchev–Trinajstić information content (AvgIpc) is 2.27. The Morgan fingerprint density at radius 1 is 1.39 bits per heavy atom. The molecule has 4 nitrogen and oxygen atoms in total. The summed E-state index contributed by atoms with van der Waals surface area (Å²) in [5.41, 5.74) is 0. The highest BCUT2D eigenvalue weighted by Gasteiger charge is 2.08. The van der Waals surface area contributed by atoms with Crippen molar-refractivity contribution in [2.45, 2.75) is 38.4 Å². The smallest absolute Gasteiger partial charge is 0.135 e. The lowest BCUT2D eigenvalue weighted by molar-refractivity contribution is 0.672. The van der Waals surface area contributed by atoms with E-state index in [1.165, 1.54) is 0 Å². The summed E-state index contributed by atoms with van der Waals surface area (Å²) in [6, 6.07) is 1.71. The van der Waals surface area contributed by atoms with Gasteiger partial charge in [0.05, 0.1) is 0 Å². The van der Waals surface area contributed by atoms with Gasteiger partial charge in [0.1, 0.15) is 16.8 Å². The highest BCUT2D eigenvalue weighted by atomic mass is 35.5. The zero-order chi connectivity index (χ0) is 13.7. The topological polar surface area (TPSA) is 54.9 Å². The molecular weight excluding hydrogens is 270 g/mol. The summed E-state index contributed by atoms with van der Waals surface area (Å²) >= 11 is 5.95. The summed E-state index contributed by atoms with van der Waals surface area (Å²) in [6.07, 6.45) is 2.56. The van der Waals surface area contributed by atoms with Gasteiger partial charge in [0.15, 0.2) is 0 Å². The maximum absolute atomic E-state index is 11.2. The number of hydrogen-bond donors (Lipinski definition) is 1. The van der Waals surface area contributed by atoms with Crippen LogP contribution in [-0.2, 0) is 10.8 Å². The van der Waals surface area contributed by atoms with Crippen LogP contribution in [0.15, 0.2) is 6.07 Å². The highest BCUT2D eigenvalue weighted by molar-refractivity contribution is 7.84. The molecule has 1 aromatic heterocycles. The molecule has 0 amide bonds. The molecule has 1 rings (SSSR count). The SMILES string of the molecule is CC(C)c1nc(Cl)cc(NCCC(C)S(C)=O)n1. The van der Waals surface area contributed by atoms with Crippen LogP contribution < -0.4 is 5.32 Å². The Balaban J connectivity index is 2.59. The molecular formula is C12H20ClN3OS. The van der Waals surface area contributed by atoms with Crippen LogP contribution in [0.2, 0.25) is 5.15 Å². The largest absolute Gasteiger partial charge is 0.370 e. The molecule has 0 aliphatic carbocycles. The summed E-state index contributed by atoms with van der Waals surface area (Å²) in [7, 11) is -0.783. The summed E-state index contributed by atoms with van der Waals surface area (Å²) in [5.74, 6) is 1.70. The molecule has 0 bridgehead atoms. The van der Waals surface area contributed by atoms with E-state index in [2.05, 4.69) is 15.3 Å². The molecule has 0 aliphatic rings. The highest BCUT2D eigenvalue weighted by Crippen LogP contribution is 2.17. The van der Waals surface area contributed by atoms with Gasteiger partial charge in [-0.25, -0.2) is 9.97 Å². The molecule has 2 atom stereocenters. The monoisotopic (exact) mass is 289 g/mol. The quantitative estimate of drug-likeness (QED) is 0.818. The number of anilines is 1. The van der Waals surface area contributed by atoms with Crippen molar-refractivity contribution < 1.29 is 4.21 Å². The molecule has 18 heavy (non-hydrogen) atoms. The maximum atomic E-state index is 11.2. The first-order valence-corrected chi connectivity index (χ1v) is 8.00. The number of aromatic nitrogens is 2. The third-order valence-corrected chi connectivity index (χ3v) is 4.21. The van der Waals surface area contributed by atoms with Gasteiger partial charge in [-0.15, -0.1) is 0 Å². The molecule has 0 fully saturated rings. The standard InChI is InChI=1S/C12H20ClN3OS/c1-8(2)12-15-10(13)7-11(16-12)14-6-5-9(3)18(4)17/h7-9H,5-6H2,1-4H3,(H,14,15,16). The van der Waals surface area contributed by atoms with Gasteiger partial charge in [-0.3, -0.25) is 4.21 Å². The van der Waals surface area contributed by atoms with E-state index in [4.69, 9.17) is 11.6 Å². The first-order chi connectivity index (χ1) is 8.40. The van der Waals surface area contributed by atoms with Crippen molar-refractivity contribution in [2.24, 2.45) is 0 Å². The molecule has 0 aliphatic heterocycles. The van der Waals surface area contributed by atoms with Gasteiger partial charge in [-0.1, -0.05) is 32.4 Å². The Hall–Kier alpha value is -0.680. The Morgan fingerprint density at radius 3 is 2.61 bits per heavy atom. The number of rotatable bonds is 6. The zero-order valence-electron chi connectivity index (χ0n) is 11.2. The molecule has 1 N–H and O–H groups in total. The Labute approximate surface area is 116 Å². The summed E-state index contributed by atoms with van der Waals surface area (Å²) in [6.45, 7) is 6.76. The Morgan fingerprint density at radius 2 is 2.06 bits per heavy atom. The van der Waals surface area contributed by atoms with Crippen molar-refractivity contribution in [3.05, 3.63) is 17.0 Å². The fourth-order valence-corrected chi connectivity index (χ4v) is 1.99. The number of hydrogen-bond acceptors (Lipinski definition) is 4. The van der Waals surface area contributed by atoms with Crippen LogP contribution in [0.3, 0.4) is 0 Å². The fraction of sp³-hybridized carbons (Fsp3) is 0.667. The summed E-state index contributed by atoms with van der Waals surface area (Å²) in [5, 5.41) is 3.82. The molecule has 6 heteroatoms. The summed E-state index contributed by atoms with van der Waals surface area (Å²) in [4.78, 5) is 8.56. The second-order valence-electron chi connectivity index (χ2n) is 4.61. The van der Waals surface area contributed by atoms with E-state index in [0.29, 0.717) is 5.15 Å². The lowest BCUT2D eigenvalue weighted by atomic mass is 10.2. The van der Waals surface area contributed by atoms with Crippen LogP contribution in [0.5, 0.6) is 0 Å². The van der Waals surface area contributed by atoms with Crippen LogP contribution in [0.4, 0.5) is 5.82 Å². The van der Waals surface area contributed by atoms with E-state index >= 15 is 0 Å². The Bertz CT molecular complexity index is 426. The van der Waals surface area contributed by atoms with E-state index in [-0.39, 0.29) is 11.2 Å². The molecule has 0 aromatic carbocycles. The van der Waals surface area contributed by atoms with Crippen LogP contribution in [0.1, 0.15) is 38.9 Å². The minimum atomic E-state index is -0.783. The van der Waals surface area contributed by atoms with Crippen LogP contribution in [-0.4, -0.2) is 32.2 Å². The lowest BCUT2D eigenvalue weighted by Crippen LogP contribution is -2.15. The zero-order valence-corrected chi connectivity index (χ0v) is 12.8. The predicted molar refractivity (Wildman–Crippen MR) is 77.8 cm³/mol. The minimum Gasteiger partial charge on any atom is -0.370 e. The first-order valence-electron chi connectivity index (χ1n) is 6.00. The number of halogens is 1. The van der Waals surface area contributed by atoms with Gasteiger partial charge in [0.25, 0.3) is 0 Å². The van der Waals surface area contributed by atoms with Gasteiger partial charge in [0, 0.05) is 40.8 Å². The van der Waals surface area contributed by atoms with Crippen molar-refractivity contribution in [2.75, 3.05) is 18.1 Å². The van der Waals surface area contributed by atoms with Crippen molar-refractivity contribution in [3.63, 3.8) is 0 Å². The van der Waals surface area contributed by atoms with Gasteiger partial charge in [-0.2, -0.15) is 0 Å². The fourth-order valence-electron chi connectivity index (χ4n) is 1.35. The molecule has 1 heterocycles. The van der Waals surface area contributed by atoms with Crippen molar-refractivity contribution in [3.8, 4) is 0 Å². The maximum Gasteiger partial charge on any atom is 0.135 e. The molecule has 0 saturated carbocycles. The lowest BCUT2D eigenvalue weighted by Gasteiger charge is -2.11. The van der Waals surface area contributed by atoms with E-state index in [9.17, 15) is 4.21 Å². The molecule has 2 unspecified atom stereocenters. The van der Waals surface area contributed by atoms with Crippen LogP contribution in [0, 0.1) is 0 Å². The first kappa shape index (κ1) is 15.4. The van der Waals surface area contributed by atoms with Crippen molar-refractivity contribution in [1.29, 1.82) is 0 Å². The second kappa shape index (κ2) is 7.04. The average molecular weight is 290 g/mol. The van der Waals surface area contributed by atoms with E-state index in [0.717, 1.165) is 24.6 Å². The molecule has 0 saturated heterocycles.